The van der Waals surface area contributed by atoms with Crippen LogP contribution in [-0.2, 0) is 19.5 Å². The molecule has 7 nitrogen and oxygen atoms in total. The summed E-state index contributed by atoms with van der Waals surface area (Å²) in [5.74, 6) is 1.12. The quantitative estimate of drug-likeness (QED) is 0.150. The summed E-state index contributed by atoms with van der Waals surface area (Å²) < 4.78 is 0. The van der Waals surface area contributed by atoms with Crippen molar-refractivity contribution < 1.29 is 19.5 Å². The molecule has 8 bridgehead atoms. The molecule has 41 heavy (non-hydrogen) atoms. The van der Waals surface area contributed by atoms with Gasteiger partial charge in [-0.3, -0.25) is 0 Å². The molecule has 1 aliphatic heterocycles. The monoisotopic (exact) mass is 574 g/mol. The third-order valence-corrected chi connectivity index (χ3v) is 7.40. The molecule has 0 unspecified atom stereocenters. The fourth-order valence-corrected chi connectivity index (χ4v) is 5.52. The predicted molar refractivity (Wildman–Crippen MR) is 155 cm³/mol. The SMILES string of the molecule is [Zn].[c-]1c2nc3[n-]c(nc4nc(nc5[n-]c(nc1-c1ccccc1-2)c1ccccc51)-c1ccccc1-4)c1ccccc31. The van der Waals surface area contributed by atoms with E-state index in [1.807, 2.05) is 97.1 Å². The van der Waals surface area contributed by atoms with E-state index in [-0.39, 0.29) is 19.5 Å². The average Bonchev–Trinajstić information content (AvgIpc) is 3.73. The first-order valence-corrected chi connectivity index (χ1v) is 12.9. The maximum absolute atomic E-state index is 5.00. The summed E-state index contributed by atoms with van der Waals surface area (Å²) in [5.41, 5.74) is 7.35. The van der Waals surface area contributed by atoms with Crippen molar-refractivity contribution in [3.8, 4) is 45.3 Å². The Labute approximate surface area is 246 Å². The molecular weight excluding hydrogens is 560 g/mol. The Kier molecular flexibility index (Phi) is 5.21. The van der Waals surface area contributed by atoms with Crippen LogP contribution in [0.25, 0.3) is 89.4 Å². The second-order valence-corrected chi connectivity index (χ2v) is 9.73. The van der Waals surface area contributed by atoms with Crippen LogP contribution in [0, 0.1) is 6.07 Å². The number of rotatable bonds is 0. The largest absolute Gasteiger partial charge is 0.388 e. The van der Waals surface area contributed by atoms with Crippen LogP contribution >= 0.6 is 0 Å². The zero-order valence-electron chi connectivity index (χ0n) is 21.6. The summed E-state index contributed by atoms with van der Waals surface area (Å²) in [6, 6.07) is 35.5. The minimum Gasteiger partial charge on any atom is -0.388 e. The molecule has 3 aromatic heterocycles. The van der Waals surface area contributed by atoms with Crippen molar-refractivity contribution in [2.75, 3.05) is 0 Å². The van der Waals surface area contributed by atoms with E-state index in [0.717, 1.165) is 43.8 Å². The maximum atomic E-state index is 5.00. The molecule has 0 fully saturated rings. The van der Waals surface area contributed by atoms with Crippen molar-refractivity contribution in [2.45, 2.75) is 0 Å². The molecule has 4 aromatic carbocycles. The van der Waals surface area contributed by atoms with Crippen LogP contribution in [0.2, 0.25) is 0 Å². The van der Waals surface area contributed by atoms with Crippen molar-refractivity contribution in [1.82, 2.24) is 34.9 Å². The van der Waals surface area contributed by atoms with Gasteiger partial charge in [0.05, 0.1) is 11.6 Å². The van der Waals surface area contributed by atoms with Gasteiger partial charge in [0.1, 0.15) is 0 Å². The molecule has 7 aromatic rings. The van der Waals surface area contributed by atoms with Crippen LogP contribution < -0.4 is 9.97 Å². The fourth-order valence-electron chi connectivity index (χ4n) is 5.52. The number of nitrogens with zero attached hydrogens (tertiary/aromatic N) is 7. The van der Waals surface area contributed by atoms with Gasteiger partial charge in [-0.2, -0.15) is 17.2 Å². The first-order valence-electron chi connectivity index (χ1n) is 12.9. The molecule has 0 spiro atoms. The average molecular weight is 576 g/mol. The Bertz CT molecular complexity index is 2030. The van der Waals surface area contributed by atoms with Crippen LogP contribution in [0.4, 0.5) is 0 Å². The Morgan fingerprint density at radius 1 is 0.390 bits per heavy atom. The normalized spacial score (nSPS) is 11.7. The topological polar surface area (TPSA) is 92.6 Å². The standard InChI is InChI=1S/C33H16N7.Zn/c1-2-10-19-18(9-1)26-17-27(19)35-29-21-12-4-6-14-23(21)31(37-29)39-33-25-16-8-7-15-24(25)32(40-33)38-30-22-13-5-3-11-20(22)28(34-26)36-30;/h1-16H;/q-3;. The Hall–Kier alpha value is -5.07. The maximum Gasteiger partial charge on any atom is 0.0927 e. The Morgan fingerprint density at radius 3 is 1.15 bits per heavy atom. The molecule has 188 valence electrons. The number of hydrogen-bond donors (Lipinski definition) is 0. The van der Waals surface area contributed by atoms with E-state index in [4.69, 9.17) is 34.9 Å². The molecule has 9 rings (SSSR count). The Balaban J connectivity index is 0.00000256. The van der Waals surface area contributed by atoms with Crippen LogP contribution in [0.3, 0.4) is 0 Å². The zero-order valence-corrected chi connectivity index (χ0v) is 24.5. The van der Waals surface area contributed by atoms with Crippen LogP contribution in [0.1, 0.15) is 0 Å². The van der Waals surface area contributed by atoms with E-state index in [9.17, 15) is 0 Å². The molecule has 4 heterocycles. The summed E-state index contributed by atoms with van der Waals surface area (Å²) in [6.07, 6.45) is 0. The summed E-state index contributed by atoms with van der Waals surface area (Å²) in [5, 5.41) is 3.64. The minimum absolute atomic E-state index is 0. The molecule has 0 saturated heterocycles. The molecule has 0 amide bonds. The van der Waals surface area contributed by atoms with Gasteiger partial charge in [0.25, 0.3) is 0 Å². The van der Waals surface area contributed by atoms with Crippen LogP contribution in [0.5, 0.6) is 0 Å². The second kappa shape index (κ2) is 8.98. The molecular formula is C33H16N7Zn-3. The van der Waals surface area contributed by atoms with Crippen molar-refractivity contribution in [3.63, 3.8) is 0 Å². The van der Waals surface area contributed by atoms with Gasteiger partial charge in [-0.25, -0.2) is 4.98 Å². The molecule has 0 radical (unpaired) electrons. The van der Waals surface area contributed by atoms with Crippen molar-refractivity contribution in [1.29, 1.82) is 0 Å². The van der Waals surface area contributed by atoms with Gasteiger partial charge in [-0.05, 0) is 21.5 Å². The number of aromatic nitrogens is 7. The first-order chi connectivity index (χ1) is 19.8. The van der Waals surface area contributed by atoms with Crippen molar-refractivity contribution in [3.05, 3.63) is 103 Å². The third kappa shape index (κ3) is 3.58. The summed E-state index contributed by atoms with van der Waals surface area (Å²) >= 11 is 0. The Morgan fingerprint density at radius 2 is 0.732 bits per heavy atom. The minimum atomic E-state index is 0. The fraction of sp³-hybridized carbons (Fsp3) is 0. The second-order valence-electron chi connectivity index (χ2n) is 9.73. The van der Waals surface area contributed by atoms with E-state index in [2.05, 4.69) is 6.07 Å². The van der Waals surface area contributed by atoms with E-state index in [1.165, 1.54) is 0 Å². The summed E-state index contributed by atoms with van der Waals surface area (Å²) in [6.45, 7) is 0. The van der Waals surface area contributed by atoms with E-state index < -0.39 is 0 Å². The molecule has 2 aliphatic rings. The smallest absolute Gasteiger partial charge is 0.0927 e. The van der Waals surface area contributed by atoms with E-state index in [0.29, 0.717) is 45.6 Å². The first kappa shape index (κ1) is 23.8. The van der Waals surface area contributed by atoms with E-state index >= 15 is 0 Å². The third-order valence-electron chi connectivity index (χ3n) is 7.40. The molecule has 0 saturated carbocycles. The summed E-state index contributed by atoms with van der Waals surface area (Å²) in [7, 11) is 0. The van der Waals surface area contributed by atoms with Gasteiger partial charge in [0.15, 0.2) is 0 Å². The number of hydrogen-bond acceptors (Lipinski definition) is 5. The predicted octanol–water partition coefficient (Wildman–Crippen LogP) is 6.53. The van der Waals surface area contributed by atoms with Gasteiger partial charge < -0.3 is 29.9 Å². The van der Waals surface area contributed by atoms with E-state index in [1.54, 1.807) is 0 Å². The molecule has 0 atom stereocenters. The number of fused-ring (bicyclic) bond motifs is 20. The van der Waals surface area contributed by atoms with Gasteiger partial charge in [-0.15, -0.1) is 23.5 Å². The van der Waals surface area contributed by atoms with Gasteiger partial charge in [-0.1, -0.05) is 84.9 Å². The molecule has 0 N–H and O–H groups in total. The van der Waals surface area contributed by atoms with Gasteiger partial charge in [0.2, 0.25) is 0 Å². The summed E-state index contributed by atoms with van der Waals surface area (Å²) in [4.78, 5) is 34.6. The molecule has 1 aliphatic carbocycles. The van der Waals surface area contributed by atoms with Gasteiger partial charge in [0, 0.05) is 53.2 Å². The number of benzene rings is 4. The van der Waals surface area contributed by atoms with Gasteiger partial charge >= 0.3 is 0 Å². The zero-order chi connectivity index (χ0) is 26.2. The van der Waals surface area contributed by atoms with Crippen LogP contribution in [-0.4, -0.2) is 24.9 Å². The van der Waals surface area contributed by atoms with Crippen molar-refractivity contribution >= 4 is 44.1 Å². The van der Waals surface area contributed by atoms with Crippen LogP contribution in [0.15, 0.2) is 97.1 Å². The molecule has 8 heteroatoms. The van der Waals surface area contributed by atoms with Crippen molar-refractivity contribution in [2.24, 2.45) is 0 Å².